The maximum atomic E-state index is 11.6. The lowest BCUT2D eigenvalue weighted by molar-refractivity contribution is -0.385. The second-order valence-electron chi connectivity index (χ2n) is 5.93. The normalized spacial score (nSPS) is 10.5. The fourth-order valence-electron chi connectivity index (χ4n) is 2.44. The van der Waals surface area contributed by atoms with E-state index in [-0.39, 0.29) is 23.9 Å². The summed E-state index contributed by atoms with van der Waals surface area (Å²) in [6, 6.07) is 12.7. The van der Waals surface area contributed by atoms with Crippen LogP contribution in [0.15, 0.2) is 48.8 Å². The van der Waals surface area contributed by atoms with Gasteiger partial charge in [-0.3, -0.25) is 10.1 Å². The van der Waals surface area contributed by atoms with Crippen LogP contribution >= 0.6 is 11.6 Å². The first-order valence-electron chi connectivity index (χ1n) is 8.17. The molecular weight excluding hydrogens is 368 g/mol. The Labute approximate surface area is 161 Å². The molecule has 2 aromatic carbocycles. The average Bonchev–Trinajstić information content (AvgIpc) is 2.64. The maximum absolute atomic E-state index is 11.6. The van der Waals surface area contributed by atoms with E-state index in [1.54, 1.807) is 18.2 Å². The van der Waals surface area contributed by atoms with E-state index in [0.29, 0.717) is 10.8 Å². The third-order valence-electron chi connectivity index (χ3n) is 4.07. The summed E-state index contributed by atoms with van der Waals surface area (Å²) in [6.07, 6.45) is 1.22. The van der Waals surface area contributed by atoms with Crippen molar-refractivity contribution in [3.8, 4) is 11.6 Å². The van der Waals surface area contributed by atoms with Crippen LogP contribution in [0.4, 0.5) is 11.5 Å². The lowest BCUT2D eigenvalue weighted by Gasteiger charge is -2.11. The smallest absolute Gasteiger partial charge is 0.373 e. The van der Waals surface area contributed by atoms with Gasteiger partial charge in [0.1, 0.15) is 12.1 Å². The molecule has 3 aromatic rings. The number of nitrogens with zero attached hydrogens (tertiary/aromatic N) is 3. The van der Waals surface area contributed by atoms with Gasteiger partial charge in [-0.2, -0.15) is 4.98 Å². The molecule has 138 valence electrons. The van der Waals surface area contributed by atoms with E-state index in [9.17, 15) is 10.1 Å². The molecule has 0 bridgehead atoms. The zero-order chi connectivity index (χ0) is 19.4. The number of benzene rings is 2. The molecule has 1 heterocycles. The number of ether oxygens (including phenoxy) is 1. The van der Waals surface area contributed by atoms with Gasteiger partial charge in [-0.25, -0.2) is 4.98 Å². The summed E-state index contributed by atoms with van der Waals surface area (Å²) < 4.78 is 5.66. The number of nitro groups is 1. The Morgan fingerprint density at radius 3 is 2.63 bits per heavy atom. The lowest BCUT2D eigenvalue weighted by atomic mass is 10.1. The van der Waals surface area contributed by atoms with Gasteiger partial charge in [0.15, 0.2) is 0 Å². The Kier molecular flexibility index (Phi) is 5.52. The highest BCUT2D eigenvalue weighted by molar-refractivity contribution is 6.31. The van der Waals surface area contributed by atoms with Gasteiger partial charge in [-0.1, -0.05) is 35.9 Å². The van der Waals surface area contributed by atoms with Crippen molar-refractivity contribution in [2.24, 2.45) is 0 Å². The van der Waals surface area contributed by atoms with Crippen molar-refractivity contribution >= 4 is 23.1 Å². The van der Waals surface area contributed by atoms with Gasteiger partial charge in [0.25, 0.3) is 0 Å². The van der Waals surface area contributed by atoms with Crippen molar-refractivity contribution in [3.05, 3.63) is 80.6 Å². The van der Waals surface area contributed by atoms with Gasteiger partial charge in [0.05, 0.1) is 4.92 Å². The highest BCUT2D eigenvalue weighted by atomic mass is 35.5. The molecule has 0 fully saturated rings. The van der Waals surface area contributed by atoms with Crippen molar-refractivity contribution in [1.82, 2.24) is 9.97 Å². The Morgan fingerprint density at radius 1 is 1.15 bits per heavy atom. The molecule has 3 rings (SSSR count). The van der Waals surface area contributed by atoms with Crippen molar-refractivity contribution < 1.29 is 9.66 Å². The first kappa shape index (κ1) is 18.6. The van der Waals surface area contributed by atoms with Gasteiger partial charge in [0, 0.05) is 11.6 Å². The molecule has 8 heteroatoms. The highest BCUT2D eigenvalue weighted by Gasteiger charge is 2.25. The lowest BCUT2D eigenvalue weighted by Crippen LogP contribution is -2.07. The summed E-state index contributed by atoms with van der Waals surface area (Å²) in [5.74, 6) is 0.408. The SMILES string of the molecule is Cc1ccc(Oc2ncnc(NCc3ccccc3Cl)c2[N+](=O)[O-])cc1C. The molecule has 7 nitrogen and oxygen atoms in total. The fourth-order valence-corrected chi connectivity index (χ4v) is 2.64. The van der Waals surface area contributed by atoms with Crippen LogP contribution in [-0.4, -0.2) is 14.9 Å². The molecule has 0 aliphatic rings. The van der Waals surface area contributed by atoms with E-state index in [1.165, 1.54) is 6.33 Å². The predicted octanol–water partition coefficient (Wildman–Crippen LogP) is 5.06. The second-order valence-corrected chi connectivity index (χ2v) is 6.33. The zero-order valence-electron chi connectivity index (χ0n) is 14.8. The third kappa shape index (κ3) is 4.32. The first-order valence-corrected chi connectivity index (χ1v) is 8.55. The Hall–Kier alpha value is -3.19. The summed E-state index contributed by atoms with van der Waals surface area (Å²) in [7, 11) is 0. The summed E-state index contributed by atoms with van der Waals surface area (Å²) in [5, 5.41) is 15.1. The number of nitrogens with one attached hydrogen (secondary N) is 1. The molecule has 0 aliphatic heterocycles. The highest BCUT2D eigenvalue weighted by Crippen LogP contribution is 2.34. The van der Waals surface area contributed by atoms with Crippen molar-refractivity contribution in [1.29, 1.82) is 0 Å². The monoisotopic (exact) mass is 384 g/mol. The largest absolute Gasteiger partial charge is 0.434 e. The Balaban J connectivity index is 1.89. The minimum absolute atomic E-state index is 0.0637. The molecule has 0 unspecified atom stereocenters. The molecule has 0 radical (unpaired) electrons. The van der Waals surface area contributed by atoms with Crippen LogP contribution in [0.2, 0.25) is 5.02 Å². The first-order chi connectivity index (χ1) is 13.0. The number of hydrogen-bond donors (Lipinski definition) is 1. The number of aromatic nitrogens is 2. The van der Waals surface area contributed by atoms with E-state index >= 15 is 0 Å². The van der Waals surface area contributed by atoms with Gasteiger partial charge >= 0.3 is 11.6 Å². The van der Waals surface area contributed by atoms with E-state index < -0.39 is 4.92 Å². The second kappa shape index (κ2) is 8.01. The topological polar surface area (TPSA) is 90.2 Å². The van der Waals surface area contributed by atoms with Crippen LogP contribution in [0.5, 0.6) is 11.6 Å². The van der Waals surface area contributed by atoms with E-state index in [4.69, 9.17) is 16.3 Å². The Bertz CT molecular complexity index is 994. The number of halogens is 1. The van der Waals surface area contributed by atoms with Crippen molar-refractivity contribution in [2.45, 2.75) is 20.4 Å². The minimum Gasteiger partial charge on any atom is -0.434 e. The molecule has 0 spiro atoms. The van der Waals surface area contributed by atoms with Crippen LogP contribution in [-0.2, 0) is 6.54 Å². The summed E-state index contributed by atoms with van der Waals surface area (Å²) >= 11 is 6.13. The van der Waals surface area contributed by atoms with E-state index in [2.05, 4.69) is 15.3 Å². The molecule has 1 aromatic heterocycles. The van der Waals surface area contributed by atoms with Crippen LogP contribution < -0.4 is 10.1 Å². The molecule has 27 heavy (non-hydrogen) atoms. The average molecular weight is 385 g/mol. The van der Waals surface area contributed by atoms with Gasteiger partial charge < -0.3 is 10.1 Å². The third-order valence-corrected chi connectivity index (χ3v) is 4.44. The number of anilines is 1. The predicted molar refractivity (Wildman–Crippen MR) is 103 cm³/mol. The van der Waals surface area contributed by atoms with Crippen LogP contribution in [0.25, 0.3) is 0 Å². The molecule has 0 saturated carbocycles. The summed E-state index contributed by atoms with van der Waals surface area (Å²) in [5.41, 5.74) is 2.58. The Morgan fingerprint density at radius 2 is 1.93 bits per heavy atom. The number of aryl methyl sites for hydroxylation is 2. The van der Waals surface area contributed by atoms with Crippen molar-refractivity contribution in [3.63, 3.8) is 0 Å². The zero-order valence-corrected chi connectivity index (χ0v) is 15.5. The van der Waals surface area contributed by atoms with Gasteiger partial charge in [-0.15, -0.1) is 0 Å². The van der Waals surface area contributed by atoms with E-state index in [1.807, 2.05) is 38.1 Å². The van der Waals surface area contributed by atoms with Crippen LogP contribution in [0.1, 0.15) is 16.7 Å². The van der Waals surface area contributed by atoms with E-state index in [0.717, 1.165) is 16.7 Å². The molecule has 0 aliphatic carbocycles. The van der Waals surface area contributed by atoms with Crippen molar-refractivity contribution in [2.75, 3.05) is 5.32 Å². The molecule has 0 atom stereocenters. The standard InChI is InChI=1S/C19H17ClN4O3/c1-12-7-8-15(9-13(12)2)27-19-17(24(25)26)18(22-11-23-19)21-10-14-5-3-4-6-16(14)20/h3-9,11H,10H2,1-2H3,(H,21,22,23). The molecule has 0 amide bonds. The minimum atomic E-state index is -0.564. The molecule has 1 N–H and O–H groups in total. The fraction of sp³-hybridized carbons (Fsp3) is 0.158. The van der Waals surface area contributed by atoms with Crippen LogP contribution in [0, 0.1) is 24.0 Å². The van der Waals surface area contributed by atoms with Crippen LogP contribution in [0.3, 0.4) is 0 Å². The number of hydrogen-bond acceptors (Lipinski definition) is 6. The quantitative estimate of drug-likeness (QED) is 0.472. The summed E-state index contributed by atoms with van der Waals surface area (Å²) in [4.78, 5) is 19.0. The maximum Gasteiger partial charge on any atom is 0.373 e. The molecule has 0 saturated heterocycles. The molecular formula is C19H17ClN4O3. The number of rotatable bonds is 6. The van der Waals surface area contributed by atoms with Gasteiger partial charge in [-0.05, 0) is 48.7 Å². The van der Waals surface area contributed by atoms with Gasteiger partial charge in [0.2, 0.25) is 5.82 Å². The summed E-state index contributed by atoms with van der Waals surface area (Å²) in [6.45, 7) is 4.19.